The molecular formula is C10H19NO3S. The quantitative estimate of drug-likeness (QED) is 0.728. The van der Waals surface area contributed by atoms with Crippen LogP contribution in [-0.2, 0) is 14.8 Å². The second kappa shape index (κ2) is 5.07. The Bertz CT molecular complexity index is 316. The van der Waals surface area contributed by atoms with Crippen LogP contribution in [0.1, 0.15) is 32.1 Å². The van der Waals surface area contributed by atoms with Gasteiger partial charge < -0.3 is 0 Å². The van der Waals surface area contributed by atoms with E-state index in [0.29, 0.717) is 0 Å². The summed E-state index contributed by atoms with van der Waals surface area (Å²) in [5.74, 6) is -0.457. The lowest BCUT2D eigenvalue weighted by atomic mass is 9.87. The van der Waals surface area contributed by atoms with Gasteiger partial charge in [-0.15, -0.1) is 0 Å². The van der Waals surface area contributed by atoms with E-state index in [2.05, 4.69) is 0 Å². The molecule has 0 heterocycles. The Morgan fingerprint density at radius 3 is 2.20 bits per heavy atom. The maximum absolute atomic E-state index is 11.7. The molecule has 1 rings (SSSR count). The second-order valence-corrected chi connectivity index (χ2v) is 6.52. The molecule has 0 bridgehead atoms. The number of hydrogen-bond donors (Lipinski definition) is 0. The summed E-state index contributed by atoms with van der Waals surface area (Å²) in [6, 6.07) is 0. The van der Waals surface area contributed by atoms with E-state index in [1.807, 2.05) is 0 Å². The average Bonchev–Trinajstić information content (AvgIpc) is 2.18. The fourth-order valence-corrected chi connectivity index (χ4v) is 2.70. The molecule has 15 heavy (non-hydrogen) atoms. The van der Waals surface area contributed by atoms with Gasteiger partial charge in [0.25, 0.3) is 0 Å². The number of sulfonamides is 1. The zero-order valence-electron chi connectivity index (χ0n) is 9.40. The van der Waals surface area contributed by atoms with Gasteiger partial charge in [0.1, 0.15) is 5.75 Å². The molecular weight excluding hydrogens is 214 g/mol. The smallest absolute Gasteiger partial charge is 0.220 e. The van der Waals surface area contributed by atoms with Gasteiger partial charge in [0.05, 0.1) is 0 Å². The lowest BCUT2D eigenvalue weighted by Gasteiger charge is -2.21. The summed E-state index contributed by atoms with van der Waals surface area (Å²) in [6.45, 7) is 0. The molecule has 0 aliphatic heterocycles. The van der Waals surface area contributed by atoms with Crippen LogP contribution >= 0.6 is 0 Å². The van der Waals surface area contributed by atoms with Crippen LogP contribution in [0.15, 0.2) is 0 Å². The van der Waals surface area contributed by atoms with Crippen LogP contribution in [0.5, 0.6) is 0 Å². The summed E-state index contributed by atoms with van der Waals surface area (Å²) < 4.78 is 24.1. The third-order valence-electron chi connectivity index (χ3n) is 2.94. The second-order valence-electron chi connectivity index (χ2n) is 4.34. The lowest BCUT2D eigenvalue weighted by Crippen LogP contribution is -2.32. The van der Waals surface area contributed by atoms with Crippen LogP contribution in [-0.4, -0.2) is 38.4 Å². The van der Waals surface area contributed by atoms with E-state index in [-0.39, 0.29) is 17.5 Å². The van der Waals surface area contributed by atoms with Gasteiger partial charge in [0.2, 0.25) is 10.0 Å². The van der Waals surface area contributed by atoms with Crippen molar-refractivity contribution in [3.63, 3.8) is 0 Å². The van der Waals surface area contributed by atoms with Crippen LogP contribution in [0, 0.1) is 5.92 Å². The average molecular weight is 233 g/mol. The van der Waals surface area contributed by atoms with E-state index in [4.69, 9.17) is 0 Å². The highest BCUT2D eigenvalue weighted by Gasteiger charge is 2.26. The summed E-state index contributed by atoms with van der Waals surface area (Å²) in [5.41, 5.74) is 0. The van der Waals surface area contributed by atoms with E-state index < -0.39 is 10.0 Å². The molecule has 1 saturated carbocycles. The summed E-state index contributed by atoms with van der Waals surface area (Å²) in [5, 5.41) is 0. The van der Waals surface area contributed by atoms with Gasteiger partial charge in [0.15, 0.2) is 5.78 Å². The van der Waals surface area contributed by atoms with E-state index in [1.54, 1.807) is 0 Å². The normalized spacial score (nSPS) is 19.4. The van der Waals surface area contributed by atoms with Crippen LogP contribution in [0.3, 0.4) is 0 Å². The summed E-state index contributed by atoms with van der Waals surface area (Å²) in [7, 11) is -0.439. The molecule has 0 spiro atoms. The first kappa shape index (κ1) is 12.6. The Hall–Kier alpha value is -0.420. The van der Waals surface area contributed by atoms with Gasteiger partial charge in [-0.25, -0.2) is 12.7 Å². The van der Waals surface area contributed by atoms with Crippen molar-refractivity contribution in [3.8, 4) is 0 Å². The predicted molar refractivity (Wildman–Crippen MR) is 59.1 cm³/mol. The minimum Gasteiger partial charge on any atom is -0.298 e. The maximum Gasteiger partial charge on any atom is 0.220 e. The standard InChI is InChI=1S/C10H19NO3S/c1-11(2)15(13,14)8-10(12)9-6-4-3-5-7-9/h9H,3-8H2,1-2H3. The first-order valence-corrected chi connectivity index (χ1v) is 6.97. The number of rotatable bonds is 4. The van der Waals surface area contributed by atoms with Gasteiger partial charge >= 0.3 is 0 Å². The first-order valence-electron chi connectivity index (χ1n) is 5.36. The van der Waals surface area contributed by atoms with E-state index in [1.165, 1.54) is 20.5 Å². The molecule has 1 aliphatic carbocycles. The highest BCUT2D eigenvalue weighted by molar-refractivity contribution is 7.89. The Morgan fingerprint density at radius 2 is 1.73 bits per heavy atom. The molecule has 0 atom stereocenters. The zero-order valence-corrected chi connectivity index (χ0v) is 10.2. The van der Waals surface area contributed by atoms with E-state index in [9.17, 15) is 13.2 Å². The number of carbonyl (C=O) groups excluding carboxylic acids is 1. The highest BCUT2D eigenvalue weighted by Crippen LogP contribution is 2.24. The van der Waals surface area contributed by atoms with Crippen LogP contribution in [0.25, 0.3) is 0 Å². The molecule has 4 nitrogen and oxygen atoms in total. The Balaban J connectivity index is 2.55. The molecule has 0 saturated heterocycles. The Kier molecular flexibility index (Phi) is 4.28. The van der Waals surface area contributed by atoms with Gasteiger partial charge in [-0.1, -0.05) is 19.3 Å². The molecule has 0 radical (unpaired) electrons. The van der Waals surface area contributed by atoms with Crippen molar-refractivity contribution in [1.29, 1.82) is 0 Å². The van der Waals surface area contributed by atoms with Crippen LogP contribution in [0.4, 0.5) is 0 Å². The Morgan fingerprint density at radius 1 is 1.20 bits per heavy atom. The highest BCUT2D eigenvalue weighted by atomic mass is 32.2. The van der Waals surface area contributed by atoms with Crippen LogP contribution < -0.4 is 0 Å². The number of Topliss-reactive ketones (excluding diaryl/α,β-unsaturated/α-hetero) is 1. The fraction of sp³-hybridized carbons (Fsp3) is 0.900. The third kappa shape index (κ3) is 3.57. The van der Waals surface area contributed by atoms with Gasteiger partial charge in [-0.2, -0.15) is 0 Å². The van der Waals surface area contributed by atoms with Gasteiger partial charge in [-0.3, -0.25) is 4.79 Å². The molecule has 0 aromatic carbocycles. The summed E-state index contributed by atoms with van der Waals surface area (Å²) in [6.07, 6.45) is 5.00. The first-order chi connectivity index (χ1) is 6.93. The number of nitrogens with zero attached hydrogens (tertiary/aromatic N) is 1. The molecule has 0 amide bonds. The monoisotopic (exact) mass is 233 g/mol. The minimum absolute atomic E-state index is 0.0199. The topological polar surface area (TPSA) is 54.5 Å². The molecule has 5 heteroatoms. The number of hydrogen-bond acceptors (Lipinski definition) is 3. The van der Waals surface area contributed by atoms with Crippen molar-refractivity contribution in [2.75, 3.05) is 19.8 Å². The summed E-state index contributed by atoms with van der Waals surface area (Å²) >= 11 is 0. The minimum atomic E-state index is -3.36. The van der Waals surface area contributed by atoms with Gasteiger partial charge in [-0.05, 0) is 12.8 Å². The molecule has 1 aliphatic rings. The molecule has 0 N–H and O–H groups in total. The van der Waals surface area contributed by atoms with Crippen molar-refractivity contribution >= 4 is 15.8 Å². The van der Waals surface area contributed by atoms with Crippen molar-refractivity contribution in [2.45, 2.75) is 32.1 Å². The van der Waals surface area contributed by atoms with Gasteiger partial charge in [0, 0.05) is 20.0 Å². The Labute approximate surface area is 91.7 Å². The molecule has 88 valence electrons. The van der Waals surface area contributed by atoms with Crippen molar-refractivity contribution < 1.29 is 13.2 Å². The maximum atomic E-state index is 11.7. The van der Waals surface area contributed by atoms with E-state index >= 15 is 0 Å². The number of carbonyl (C=O) groups is 1. The van der Waals surface area contributed by atoms with Crippen molar-refractivity contribution in [2.24, 2.45) is 5.92 Å². The molecule has 0 unspecified atom stereocenters. The zero-order chi connectivity index (χ0) is 11.5. The van der Waals surface area contributed by atoms with E-state index in [0.717, 1.165) is 30.0 Å². The van der Waals surface area contributed by atoms with Crippen LogP contribution in [0.2, 0.25) is 0 Å². The molecule has 1 fully saturated rings. The number of ketones is 1. The molecule has 0 aromatic rings. The largest absolute Gasteiger partial charge is 0.298 e. The molecule has 0 aromatic heterocycles. The van der Waals surface area contributed by atoms with Crippen molar-refractivity contribution in [1.82, 2.24) is 4.31 Å². The third-order valence-corrected chi connectivity index (χ3v) is 4.70. The predicted octanol–water partition coefficient (Wildman–Crippen LogP) is 1.03. The van der Waals surface area contributed by atoms with Crippen molar-refractivity contribution in [3.05, 3.63) is 0 Å². The SMILES string of the molecule is CN(C)S(=O)(=O)CC(=O)C1CCCCC1. The lowest BCUT2D eigenvalue weighted by molar-refractivity contribution is -0.121. The fourth-order valence-electron chi connectivity index (χ4n) is 1.85. The summed E-state index contributed by atoms with van der Waals surface area (Å²) in [4.78, 5) is 11.7.